The standard InChI is InChI=1S/C24H21NO4S/c1-3-29-24(27)17-10-13-22-20(14-17)25(15-16-8-11-18(28-2)12-9-16)23(26)19-6-4-5-7-21(19)30-22/h4-14H,3,15H2,1-2H3. The van der Waals surface area contributed by atoms with Crippen molar-refractivity contribution in [2.24, 2.45) is 0 Å². The van der Waals surface area contributed by atoms with Gasteiger partial charge < -0.3 is 14.4 Å². The van der Waals surface area contributed by atoms with E-state index in [1.807, 2.05) is 54.6 Å². The predicted molar refractivity (Wildman–Crippen MR) is 116 cm³/mol. The Balaban J connectivity index is 1.80. The number of nitrogens with zero attached hydrogens (tertiary/aromatic N) is 1. The molecule has 0 aromatic heterocycles. The van der Waals surface area contributed by atoms with E-state index >= 15 is 0 Å². The maximum absolute atomic E-state index is 13.5. The van der Waals surface area contributed by atoms with E-state index in [0.29, 0.717) is 30.0 Å². The summed E-state index contributed by atoms with van der Waals surface area (Å²) in [6, 6.07) is 20.5. The van der Waals surface area contributed by atoms with Crippen LogP contribution in [0.1, 0.15) is 33.2 Å². The van der Waals surface area contributed by atoms with Crippen molar-refractivity contribution in [1.82, 2.24) is 0 Å². The smallest absolute Gasteiger partial charge is 0.338 e. The molecule has 0 unspecified atom stereocenters. The molecule has 0 radical (unpaired) electrons. The second kappa shape index (κ2) is 8.63. The largest absolute Gasteiger partial charge is 0.497 e. The summed E-state index contributed by atoms with van der Waals surface area (Å²) in [5.41, 5.74) is 2.73. The lowest BCUT2D eigenvalue weighted by atomic mass is 10.1. The van der Waals surface area contributed by atoms with E-state index in [0.717, 1.165) is 21.1 Å². The summed E-state index contributed by atoms with van der Waals surface area (Å²) in [6.45, 7) is 2.44. The molecule has 1 aliphatic rings. The number of methoxy groups -OCH3 is 1. The quantitative estimate of drug-likeness (QED) is 0.533. The van der Waals surface area contributed by atoms with Crippen LogP contribution in [0.3, 0.4) is 0 Å². The van der Waals surface area contributed by atoms with Gasteiger partial charge in [-0.15, -0.1) is 0 Å². The normalized spacial score (nSPS) is 12.6. The highest BCUT2D eigenvalue weighted by Gasteiger charge is 2.28. The highest BCUT2D eigenvalue weighted by Crippen LogP contribution is 2.42. The van der Waals surface area contributed by atoms with Gasteiger partial charge in [0.1, 0.15) is 5.75 Å². The summed E-state index contributed by atoms with van der Waals surface area (Å²) >= 11 is 1.53. The number of benzene rings is 3. The van der Waals surface area contributed by atoms with Gasteiger partial charge in [-0.25, -0.2) is 4.79 Å². The number of ether oxygens (including phenoxy) is 2. The molecule has 0 bridgehead atoms. The second-order valence-electron chi connectivity index (χ2n) is 6.74. The monoisotopic (exact) mass is 419 g/mol. The minimum atomic E-state index is -0.399. The van der Waals surface area contributed by atoms with Crippen molar-refractivity contribution in [3.8, 4) is 5.75 Å². The van der Waals surface area contributed by atoms with E-state index in [2.05, 4.69) is 0 Å². The van der Waals surface area contributed by atoms with Gasteiger partial charge in [-0.1, -0.05) is 36.0 Å². The molecule has 1 heterocycles. The Labute approximate surface area is 179 Å². The Bertz CT molecular complexity index is 1090. The Morgan fingerprint density at radius 1 is 1.00 bits per heavy atom. The Kier molecular flexibility index (Phi) is 5.77. The van der Waals surface area contributed by atoms with E-state index in [4.69, 9.17) is 9.47 Å². The van der Waals surface area contributed by atoms with E-state index in [1.165, 1.54) is 11.8 Å². The summed E-state index contributed by atoms with van der Waals surface area (Å²) in [5, 5.41) is 0. The number of carbonyl (C=O) groups excluding carboxylic acids is 2. The number of anilines is 1. The first kappa shape index (κ1) is 20.0. The van der Waals surface area contributed by atoms with Gasteiger partial charge >= 0.3 is 5.97 Å². The topological polar surface area (TPSA) is 55.8 Å². The molecule has 0 fully saturated rings. The second-order valence-corrected chi connectivity index (χ2v) is 7.82. The van der Waals surface area contributed by atoms with Gasteiger partial charge in [-0.05, 0) is 55.0 Å². The molecule has 4 rings (SSSR count). The average Bonchev–Trinajstić information content (AvgIpc) is 2.89. The van der Waals surface area contributed by atoms with Gasteiger partial charge in [0, 0.05) is 9.79 Å². The van der Waals surface area contributed by atoms with Crippen molar-refractivity contribution in [2.45, 2.75) is 23.3 Å². The zero-order chi connectivity index (χ0) is 21.1. The van der Waals surface area contributed by atoms with E-state index in [1.54, 1.807) is 31.1 Å². The molecule has 0 saturated heterocycles. The molecule has 5 nitrogen and oxygen atoms in total. The van der Waals surface area contributed by atoms with Gasteiger partial charge in [-0.3, -0.25) is 4.79 Å². The van der Waals surface area contributed by atoms with Gasteiger partial charge in [0.05, 0.1) is 37.1 Å². The maximum atomic E-state index is 13.5. The van der Waals surface area contributed by atoms with Crippen LogP contribution in [0, 0.1) is 0 Å². The minimum Gasteiger partial charge on any atom is -0.497 e. The van der Waals surface area contributed by atoms with Crippen LogP contribution in [0.5, 0.6) is 5.75 Å². The third kappa shape index (κ3) is 3.91. The van der Waals surface area contributed by atoms with Crippen LogP contribution in [0.15, 0.2) is 76.5 Å². The number of hydrogen-bond acceptors (Lipinski definition) is 5. The molecule has 152 valence electrons. The van der Waals surface area contributed by atoms with Gasteiger partial charge in [0.25, 0.3) is 5.91 Å². The molecule has 0 N–H and O–H groups in total. The first-order valence-electron chi connectivity index (χ1n) is 9.63. The van der Waals surface area contributed by atoms with Crippen molar-refractivity contribution in [2.75, 3.05) is 18.6 Å². The van der Waals surface area contributed by atoms with Gasteiger partial charge in [0.2, 0.25) is 0 Å². The minimum absolute atomic E-state index is 0.103. The van der Waals surface area contributed by atoms with Crippen molar-refractivity contribution in [3.05, 3.63) is 83.4 Å². The first-order valence-corrected chi connectivity index (χ1v) is 10.4. The molecule has 1 aliphatic heterocycles. The number of amides is 1. The molecule has 3 aromatic carbocycles. The van der Waals surface area contributed by atoms with Crippen LogP contribution >= 0.6 is 11.8 Å². The van der Waals surface area contributed by atoms with Crippen molar-refractivity contribution >= 4 is 29.3 Å². The molecular formula is C24H21NO4S. The lowest BCUT2D eigenvalue weighted by Gasteiger charge is -2.24. The summed E-state index contributed by atoms with van der Waals surface area (Å²) in [4.78, 5) is 29.3. The summed E-state index contributed by atoms with van der Waals surface area (Å²) in [7, 11) is 1.62. The third-order valence-electron chi connectivity index (χ3n) is 4.84. The summed E-state index contributed by atoms with van der Waals surface area (Å²) in [5.74, 6) is 0.254. The molecule has 6 heteroatoms. The fraction of sp³-hybridized carbons (Fsp3) is 0.167. The Hall–Kier alpha value is -3.25. The van der Waals surface area contributed by atoms with Crippen LogP contribution in [-0.4, -0.2) is 25.6 Å². The number of esters is 1. The van der Waals surface area contributed by atoms with Crippen molar-refractivity contribution in [1.29, 1.82) is 0 Å². The van der Waals surface area contributed by atoms with Crippen molar-refractivity contribution in [3.63, 3.8) is 0 Å². The number of rotatable bonds is 5. The lowest BCUT2D eigenvalue weighted by Crippen LogP contribution is -2.30. The molecule has 1 amide bonds. The van der Waals surface area contributed by atoms with Gasteiger partial charge in [-0.2, -0.15) is 0 Å². The summed E-state index contributed by atoms with van der Waals surface area (Å²) < 4.78 is 10.4. The molecular weight excluding hydrogens is 398 g/mol. The maximum Gasteiger partial charge on any atom is 0.338 e. The Morgan fingerprint density at radius 3 is 2.50 bits per heavy atom. The zero-order valence-corrected chi connectivity index (χ0v) is 17.6. The van der Waals surface area contributed by atoms with E-state index in [-0.39, 0.29) is 5.91 Å². The van der Waals surface area contributed by atoms with Crippen LogP contribution in [0.25, 0.3) is 0 Å². The van der Waals surface area contributed by atoms with E-state index < -0.39 is 5.97 Å². The average molecular weight is 420 g/mol. The fourth-order valence-electron chi connectivity index (χ4n) is 3.33. The number of carbonyl (C=O) groups is 2. The third-order valence-corrected chi connectivity index (χ3v) is 5.98. The van der Waals surface area contributed by atoms with Crippen LogP contribution < -0.4 is 9.64 Å². The highest BCUT2D eigenvalue weighted by molar-refractivity contribution is 7.99. The number of hydrogen-bond donors (Lipinski definition) is 0. The fourth-order valence-corrected chi connectivity index (χ4v) is 4.39. The van der Waals surface area contributed by atoms with Crippen LogP contribution in [0.2, 0.25) is 0 Å². The van der Waals surface area contributed by atoms with Gasteiger partial charge in [0.15, 0.2) is 0 Å². The Morgan fingerprint density at radius 2 is 1.77 bits per heavy atom. The predicted octanol–water partition coefficient (Wildman–Crippen LogP) is 5.18. The van der Waals surface area contributed by atoms with Crippen molar-refractivity contribution < 1.29 is 19.1 Å². The molecule has 3 aromatic rings. The van der Waals surface area contributed by atoms with E-state index in [9.17, 15) is 9.59 Å². The van der Waals surface area contributed by atoms with Crippen LogP contribution in [0.4, 0.5) is 5.69 Å². The lowest BCUT2D eigenvalue weighted by molar-refractivity contribution is 0.0526. The SMILES string of the molecule is CCOC(=O)c1ccc2c(c1)N(Cc1ccc(OC)cc1)C(=O)c1ccccc1S2. The first-order chi connectivity index (χ1) is 14.6. The molecule has 0 atom stereocenters. The molecule has 0 saturated carbocycles. The summed E-state index contributed by atoms with van der Waals surface area (Å²) in [6.07, 6.45) is 0. The molecule has 30 heavy (non-hydrogen) atoms. The van der Waals surface area contributed by atoms with Crippen LogP contribution in [-0.2, 0) is 11.3 Å². The molecule has 0 aliphatic carbocycles. The number of fused-ring (bicyclic) bond motifs is 2. The highest BCUT2D eigenvalue weighted by atomic mass is 32.2. The zero-order valence-electron chi connectivity index (χ0n) is 16.8. The molecule has 0 spiro atoms.